The Balaban J connectivity index is 2.20. The van der Waals surface area contributed by atoms with E-state index in [2.05, 4.69) is 4.98 Å². The minimum atomic E-state index is -4.45. The van der Waals surface area contributed by atoms with Gasteiger partial charge in [0.15, 0.2) is 0 Å². The standard InChI is InChI=1S/C12H16F3N3O/c1-19-7-8-2-3-18(6-8)10-4-11(12(13,14)15)17-5-9(10)16/h4-5,8H,2-3,6-7,16H2,1H3. The lowest BCUT2D eigenvalue weighted by molar-refractivity contribution is -0.141. The van der Waals surface area contributed by atoms with Gasteiger partial charge in [-0.15, -0.1) is 0 Å². The van der Waals surface area contributed by atoms with Crippen LogP contribution in [0.3, 0.4) is 0 Å². The lowest BCUT2D eigenvalue weighted by Crippen LogP contribution is -2.23. The molecule has 1 aliphatic heterocycles. The number of anilines is 2. The molecule has 2 N–H and O–H groups in total. The lowest BCUT2D eigenvalue weighted by Gasteiger charge is -2.21. The van der Waals surface area contributed by atoms with Crippen LogP contribution in [-0.2, 0) is 10.9 Å². The van der Waals surface area contributed by atoms with Crippen molar-refractivity contribution >= 4 is 11.4 Å². The number of hydrogen-bond donors (Lipinski definition) is 1. The fraction of sp³-hybridized carbons (Fsp3) is 0.583. The van der Waals surface area contributed by atoms with Gasteiger partial charge in [0.1, 0.15) is 5.69 Å². The van der Waals surface area contributed by atoms with Crippen LogP contribution in [0.2, 0.25) is 0 Å². The minimum absolute atomic E-state index is 0.270. The van der Waals surface area contributed by atoms with E-state index >= 15 is 0 Å². The average Bonchev–Trinajstić information content (AvgIpc) is 2.77. The van der Waals surface area contributed by atoms with E-state index in [1.165, 1.54) is 0 Å². The van der Waals surface area contributed by atoms with E-state index in [1.54, 1.807) is 7.11 Å². The molecule has 0 saturated carbocycles. The zero-order valence-electron chi connectivity index (χ0n) is 10.6. The van der Waals surface area contributed by atoms with Gasteiger partial charge >= 0.3 is 6.18 Å². The number of aromatic nitrogens is 1. The third-order valence-electron chi connectivity index (χ3n) is 3.23. The monoisotopic (exact) mass is 275 g/mol. The number of pyridine rings is 1. The molecule has 2 rings (SSSR count). The Kier molecular flexibility index (Phi) is 3.84. The van der Waals surface area contributed by atoms with E-state index in [4.69, 9.17) is 10.5 Å². The summed E-state index contributed by atoms with van der Waals surface area (Å²) in [4.78, 5) is 5.19. The predicted octanol–water partition coefficient (Wildman–Crippen LogP) is 2.16. The second-order valence-electron chi connectivity index (χ2n) is 4.68. The first-order valence-electron chi connectivity index (χ1n) is 5.98. The quantitative estimate of drug-likeness (QED) is 0.918. The molecule has 0 aliphatic carbocycles. The van der Waals surface area contributed by atoms with Crippen molar-refractivity contribution in [2.45, 2.75) is 12.6 Å². The van der Waals surface area contributed by atoms with Crippen LogP contribution in [0.5, 0.6) is 0 Å². The van der Waals surface area contributed by atoms with Gasteiger partial charge in [0.05, 0.1) is 24.2 Å². The molecule has 0 spiro atoms. The average molecular weight is 275 g/mol. The van der Waals surface area contributed by atoms with E-state index in [-0.39, 0.29) is 5.69 Å². The fourth-order valence-electron chi connectivity index (χ4n) is 2.31. The molecule has 1 fully saturated rings. The number of nitrogen functional groups attached to an aromatic ring is 1. The molecule has 0 radical (unpaired) electrons. The molecule has 2 heterocycles. The first kappa shape index (κ1) is 13.9. The van der Waals surface area contributed by atoms with Crippen LogP contribution >= 0.6 is 0 Å². The molecule has 1 atom stereocenters. The van der Waals surface area contributed by atoms with Gasteiger partial charge in [0, 0.05) is 26.1 Å². The molecule has 1 aromatic heterocycles. The molecule has 0 bridgehead atoms. The predicted molar refractivity (Wildman–Crippen MR) is 65.8 cm³/mol. The maximum Gasteiger partial charge on any atom is 0.433 e. The molecule has 19 heavy (non-hydrogen) atoms. The van der Waals surface area contributed by atoms with Crippen molar-refractivity contribution in [3.8, 4) is 0 Å². The minimum Gasteiger partial charge on any atom is -0.396 e. The summed E-state index contributed by atoms with van der Waals surface area (Å²) in [7, 11) is 1.62. The summed E-state index contributed by atoms with van der Waals surface area (Å²) in [5.41, 5.74) is 5.49. The third kappa shape index (κ3) is 3.09. The number of rotatable bonds is 3. The molecule has 1 aromatic rings. The van der Waals surface area contributed by atoms with Crippen LogP contribution in [0.25, 0.3) is 0 Å². The molecule has 0 amide bonds. The summed E-state index contributed by atoms with van der Waals surface area (Å²) in [5.74, 6) is 0.326. The summed E-state index contributed by atoms with van der Waals surface area (Å²) in [5, 5.41) is 0. The van der Waals surface area contributed by atoms with Crippen LogP contribution < -0.4 is 10.6 Å². The number of nitrogens with two attached hydrogens (primary N) is 1. The lowest BCUT2D eigenvalue weighted by atomic mass is 10.1. The summed E-state index contributed by atoms with van der Waals surface area (Å²) in [6, 6.07) is 1.02. The Morgan fingerprint density at radius 1 is 1.53 bits per heavy atom. The zero-order valence-corrected chi connectivity index (χ0v) is 10.6. The Bertz CT molecular complexity index is 450. The van der Waals surface area contributed by atoms with Gasteiger partial charge in [0.25, 0.3) is 0 Å². The third-order valence-corrected chi connectivity index (χ3v) is 3.23. The van der Waals surface area contributed by atoms with Crippen LogP contribution in [0, 0.1) is 5.92 Å². The van der Waals surface area contributed by atoms with Gasteiger partial charge in [-0.1, -0.05) is 0 Å². The van der Waals surface area contributed by atoms with Crippen LogP contribution in [0.15, 0.2) is 12.3 Å². The largest absolute Gasteiger partial charge is 0.433 e. The van der Waals surface area contributed by atoms with Crippen molar-refractivity contribution in [3.63, 3.8) is 0 Å². The maximum atomic E-state index is 12.6. The first-order chi connectivity index (χ1) is 8.91. The van der Waals surface area contributed by atoms with Gasteiger partial charge in [-0.2, -0.15) is 13.2 Å². The van der Waals surface area contributed by atoms with Crippen molar-refractivity contribution in [1.29, 1.82) is 0 Å². The SMILES string of the molecule is COCC1CCN(c2cc(C(F)(F)F)ncc2N)C1. The zero-order chi connectivity index (χ0) is 14.0. The molecule has 0 aromatic carbocycles. The molecule has 4 nitrogen and oxygen atoms in total. The summed E-state index contributed by atoms with van der Waals surface area (Å²) in [6.07, 6.45) is -2.49. The number of hydrogen-bond acceptors (Lipinski definition) is 4. The molecular formula is C12H16F3N3O. The molecule has 1 aliphatic rings. The number of alkyl halides is 3. The molecule has 7 heteroatoms. The number of methoxy groups -OCH3 is 1. The Labute approximate surface area is 109 Å². The fourth-order valence-corrected chi connectivity index (χ4v) is 2.31. The number of ether oxygens (including phenoxy) is 1. The summed E-state index contributed by atoms with van der Waals surface area (Å²) in [6.45, 7) is 1.94. The van der Waals surface area contributed by atoms with Gasteiger partial charge < -0.3 is 15.4 Å². The molecular weight excluding hydrogens is 259 g/mol. The second-order valence-corrected chi connectivity index (χ2v) is 4.68. The van der Waals surface area contributed by atoms with E-state index in [1.807, 2.05) is 4.90 Å². The van der Waals surface area contributed by atoms with Crippen molar-refractivity contribution < 1.29 is 17.9 Å². The van der Waals surface area contributed by atoms with Gasteiger partial charge in [-0.05, 0) is 12.5 Å². The van der Waals surface area contributed by atoms with Crippen molar-refractivity contribution in [2.75, 3.05) is 37.4 Å². The van der Waals surface area contributed by atoms with Crippen LogP contribution in [0.1, 0.15) is 12.1 Å². The van der Waals surface area contributed by atoms with E-state index in [9.17, 15) is 13.2 Å². The van der Waals surface area contributed by atoms with Gasteiger partial charge in [-0.3, -0.25) is 0 Å². The van der Waals surface area contributed by atoms with Crippen LogP contribution in [0.4, 0.5) is 24.5 Å². The summed E-state index contributed by atoms with van der Waals surface area (Å²) < 4.78 is 43.0. The molecule has 1 saturated heterocycles. The molecule has 106 valence electrons. The Hall–Kier alpha value is -1.50. The summed E-state index contributed by atoms with van der Waals surface area (Å²) >= 11 is 0. The maximum absolute atomic E-state index is 12.6. The Morgan fingerprint density at radius 3 is 2.89 bits per heavy atom. The van der Waals surface area contributed by atoms with Gasteiger partial charge in [-0.25, -0.2) is 4.98 Å². The highest BCUT2D eigenvalue weighted by Gasteiger charge is 2.34. The highest BCUT2D eigenvalue weighted by Crippen LogP contribution is 2.34. The first-order valence-corrected chi connectivity index (χ1v) is 5.98. The van der Waals surface area contributed by atoms with E-state index in [0.29, 0.717) is 31.3 Å². The van der Waals surface area contributed by atoms with E-state index < -0.39 is 11.9 Å². The Morgan fingerprint density at radius 2 is 2.26 bits per heavy atom. The van der Waals surface area contributed by atoms with Crippen molar-refractivity contribution in [2.24, 2.45) is 5.92 Å². The topological polar surface area (TPSA) is 51.4 Å². The smallest absolute Gasteiger partial charge is 0.396 e. The van der Waals surface area contributed by atoms with E-state index in [0.717, 1.165) is 18.7 Å². The van der Waals surface area contributed by atoms with Crippen molar-refractivity contribution in [1.82, 2.24) is 4.98 Å². The normalized spacial score (nSPS) is 20.0. The second kappa shape index (κ2) is 5.24. The van der Waals surface area contributed by atoms with Crippen molar-refractivity contribution in [3.05, 3.63) is 18.0 Å². The molecule has 1 unspecified atom stereocenters. The van der Waals surface area contributed by atoms with Crippen LogP contribution in [-0.4, -0.2) is 31.8 Å². The highest BCUT2D eigenvalue weighted by atomic mass is 19.4. The number of nitrogens with zero attached hydrogens (tertiary/aromatic N) is 2. The van der Waals surface area contributed by atoms with Gasteiger partial charge in [0.2, 0.25) is 0 Å². The number of halogens is 3. The highest BCUT2D eigenvalue weighted by molar-refractivity contribution is 5.67.